The van der Waals surface area contributed by atoms with Crippen molar-refractivity contribution in [1.82, 2.24) is 14.5 Å². The van der Waals surface area contributed by atoms with Gasteiger partial charge in [0.25, 0.3) is 10.0 Å². The molecule has 1 fully saturated rings. The first-order chi connectivity index (χ1) is 13.4. The number of nitrogens with zero attached hydrogens (tertiary/aromatic N) is 3. The number of halogens is 1. The summed E-state index contributed by atoms with van der Waals surface area (Å²) in [6.45, 7) is 6.10. The van der Waals surface area contributed by atoms with Crippen LogP contribution in [0.3, 0.4) is 0 Å². The van der Waals surface area contributed by atoms with Crippen LogP contribution in [0.4, 0.5) is 5.69 Å². The average molecular weight is 437 g/mol. The number of aromatic amines is 1. The highest BCUT2D eigenvalue weighted by Crippen LogP contribution is 2.34. The van der Waals surface area contributed by atoms with E-state index >= 15 is 0 Å². The van der Waals surface area contributed by atoms with Gasteiger partial charge in [-0.05, 0) is 49.7 Å². The summed E-state index contributed by atoms with van der Waals surface area (Å²) in [5.41, 5.74) is 3.87. The minimum atomic E-state index is -3.51. The maximum absolute atomic E-state index is 13.1. The fourth-order valence-electron chi connectivity index (χ4n) is 3.30. The summed E-state index contributed by atoms with van der Waals surface area (Å²) in [6, 6.07) is 11.2. The molecule has 0 bridgehead atoms. The summed E-state index contributed by atoms with van der Waals surface area (Å²) in [5.74, 6) is 0. The molecule has 1 aliphatic rings. The fraction of sp³-hybridized carbons (Fsp3) is 0.316. The highest BCUT2D eigenvalue weighted by molar-refractivity contribution is 7.91. The van der Waals surface area contributed by atoms with Crippen LogP contribution in [-0.2, 0) is 10.0 Å². The molecule has 0 aliphatic carbocycles. The second-order valence-corrected chi connectivity index (χ2v) is 10.5. The van der Waals surface area contributed by atoms with E-state index in [1.165, 1.54) is 11.3 Å². The van der Waals surface area contributed by atoms with E-state index in [1.807, 2.05) is 44.2 Å². The monoisotopic (exact) mass is 436 g/mol. The van der Waals surface area contributed by atoms with Gasteiger partial charge in [0.1, 0.15) is 9.90 Å². The molecule has 1 aliphatic heterocycles. The summed E-state index contributed by atoms with van der Waals surface area (Å²) < 4.78 is 28.1. The number of piperazine rings is 1. The van der Waals surface area contributed by atoms with Crippen molar-refractivity contribution in [2.24, 2.45) is 0 Å². The fourth-order valence-corrected chi connectivity index (χ4v) is 6.41. The number of anilines is 1. The van der Waals surface area contributed by atoms with Gasteiger partial charge in [0, 0.05) is 42.6 Å². The number of benzene rings is 1. The largest absolute Gasteiger partial charge is 0.369 e. The summed E-state index contributed by atoms with van der Waals surface area (Å²) in [6.07, 6.45) is 0. The molecule has 0 amide bonds. The molecule has 0 saturated carbocycles. The Morgan fingerprint density at radius 2 is 1.86 bits per heavy atom. The second-order valence-electron chi connectivity index (χ2n) is 6.81. The molecule has 0 unspecified atom stereocenters. The number of sulfonamides is 1. The molecular formula is C19H21ClN4O2S2. The number of thiophene rings is 1. The van der Waals surface area contributed by atoms with E-state index < -0.39 is 10.0 Å². The molecule has 4 rings (SSSR count). The highest BCUT2D eigenvalue weighted by Gasteiger charge is 2.30. The molecule has 3 aromatic rings. The van der Waals surface area contributed by atoms with E-state index in [0.717, 1.165) is 27.5 Å². The number of H-pyrrole nitrogens is 1. The Morgan fingerprint density at radius 1 is 1.11 bits per heavy atom. The highest BCUT2D eigenvalue weighted by atomic mass is 35.5. The van der Waals surface area contributed by atoms with Crippen LogP contribution in [0.15, 0.2) is 40.6 Å². The lowest BCUT2D eigenvalue weighted by atomic mass is 10.2. The summed E-state index contributed by atoms with van der Waals surface area (Å²) in [7, 11) is -3.51. The minimum absolute atomic E-state index is 0.360. The molecule has 0 radical (unpaired) electrons. The van der Waals surface area contributed by atoms with Crippen molar-refractivity contribution in [3.8, 4) is 10.6 Å². The van der Waals surface area contributed by atoms with Crippen LogP contribution >= 0.6 is 22.9 Å². The van der Waals surface area contributed by atoms with Crippen molar-refractivity contribution in [3.05, 3.63) is 52.7 Å². The molecule has 2 aromatic heterocycles. The third-order valence-electron chi connectivity index (χ3n) is 5.07. The van der Waals surface area contributed by atoms with Crippen molar-refractivity contribution in [2.75, 3.05) is 31.1 Å². The zero-order chi connectivity index (χ0) is 19.9. The van der Waals surface area contributed by atoms with Crippen molar-refractivity contribution in [3.63, 3.8) is 0 Å². The van der Waals surface area contributed by atoms with Gasteiger partial charge in [-0.1, -0.05) is 17.7 Å². The predicted octanol–water partition coefficient (Wildman–Crippen LogP) is 3.92. The summed E-state index contributed by atoms with van der Waals surface area (Å²) in [4.78, 5) is 3.02. The SMILES string of the molecule is Cc1[nH]nc(-c2ccc(S(=O)(=O)N3CCN(c4cccc(Cl)c4)CC3)s2)c1C. The number of nitrogens with one attached hydrogen (secondary N) is 1. The van der Waals surface area contributed by atoms with Crippen molar-refractivity contribution in [1.29, 1.82) is 0 Å². The van der Waals surface area contributed by atoms with Gasteiger partial charge < -0.3 is 4.90 Å². The molecule has 28 heavy (non-hydrogen) atoms. The Kier molecular flexibility index (Phi) is 5.22. The number of aromatic nitrogens is 2. The third-order valence-corrected chi connectivity index (χ3v) is 8.77. The van der Waals surface area contributed by atoms with E-state index in [0.29, 0.717) is 35.4 Å². The molecule has 3 heterocycles. The molecule has 6 nitrogen and oxygen atoms in total. The van der Waals surface area contributed by atoms with Gasteiger partial charge in [-0.25, -0.2) is 8.42 Å². The lowest BCUT2D eigenvalue weighted by Gasteiger charge is -2.35. The van der Waals surface area contributed by atoms with Crippen molar-refractivity contribution < 1.29 is 8.42 Å². The molecule has 1 saturated heterocycles. The van der Waals surface area contributed by atoms with Crippen LogP contribution in [-0.4, -0.2) is 49.1 Å². The zero-order valence-electron chi connectivity index (χ0n) is 15.6. The van der Waals surface area contributed by atoms with Crippen LogP contribution in [0.5, 0.6) is 0 Å². The first-order valence-electron chi connectivity index (χ1n) is 8.99. The topological polar surface area (TPSA) is 69.3 Å². The lowest BCUT2D eigenvalue weighted by molar-refractivity contribution is 0.386. The Hall–Kier alpha value is -1.87. The van der Waals surface area contributed by atoms with Gasteiger partial charge in [0.05, 0.1) is 4.88 Å². The average Bonchev–Trinajstić information content (AvgIpc) is 3.30. The van der Waals surface area contributed by atoms with Crippen LogP contribution in [0.1, 0.15) is 11.3 Å². The van der Waals surface area contributed by atoms with E-state index in [2.05, 4.69) is 15.1 Å². The Balaban J connectivity index is 1.50. The maximum atomic E-state index is 13.1. The van der Waals surface area contributed by atoms with Gasteiger partial charge in [0.15, 0.2) is 0 Å². The van der Waals surface area contributed by atoms with Gasteiger partial charge >= 0.3 is 0 Å². The molecule has 1 aromatic carbocycles. The number of hydrogen-bond donors (Lipinski definition) is 1. The molecular weight excluding hydrogens is 416 g/mol. The number of aryl methyl sites for hydroxylation is 1. The van der Waals surface area contributed by atoms with Gasteiger partial charge in [-0.15, -0.1) is 11.3 Å². The van der Waals surface area contributed by atoms with E-state index in [-0.39, 0.29) is 0 Å². The number of hydrogen-bond acceptors (Lipinski definition) is 5. The molecule has 0 spiro atoms. The smallest absolute Gasteiger partial charge is 0.252 e. The van der Waals surface area contributed by atoms with Crippen LogP contribution < -0.4 is 4.90 Å². The van der Waals surface area contributed by atoms with E-state index in [9.17, 15) is 8.42 Å². The third kappa shape index (κ3) is 3.57. The Labute approximate surface area is 173 Å². The van der Waals surface area contributed by atoms with Crippen molar-refractivity contribution in [2.45, 2.75) is 18.1 Å². The molecule has 148 valence electrons. The normalized spacial score (nSPS) is 15.9. The quantitative estimate of drug-likeness (QED) is 0.673. The van der Waals surface area contributed by atoms with E-state index in [4.69, 9.17) is 11.6 Å². The van der Waals surface area contributed by atoms with Gasteiger partial charge in [-0.2, -0.15) is 9.40 Å². The lowest BCUT2D eigenvalue weighted by Crippen LogP contribution is -2.48. The first-order valence-corrected chi connectivity index (χ1v) is 11.6. The first kappa shape index (κ1) is 19.4. The number of rotatable bonds is 4. The molecule has 0 atom stereocenters. The Bertz CT molecular complexity index is 1100. The maximum Gasteiger partial charge on any atom is 0.252 e. The van der Waals surface area contributed by atoms with Crippen LogP contribution in [0.2, 0.25) is 5.02 Å². The summed E-state index contributed by atoms with van der Waals surface area (Å²) in [5, 5.41) is 7.94. The zero-order valence-corrected chi connectivity index (χ0v) is 18.0. The predicted molar refractivity (Wildman–Crippen MR) is 114 cm³/mol. The standard InChI is InChI=1S/C19H21ClN4O2S2/c1-13-14(2)21-22-19(13)17-6-7-18(27-17)28(25,26)24-10-8-23(9-11-24)16-5-3-4-15(20)12-16/h3-7,12H,8-11H2,1-2H3,(H,21,22). The van der Waals surface area contributed by atoms with E-state index in [1.54, 1.807) is 10.4 Å². The molecule has 1 N–H and O–H groups in total. The van der Waals surface area contributed by atoms with Gasteiger partial charge in [-0.3, -0.25) is 5.10 Å². The van der Waals surface area contributed by atoms with Gasteiger partial charge in [0.2, 0.25) is 0 Å². The molecule has 9 heteroatoms. The second kappa shape index (κ2) is 7.51. The Morgan fingerprint density at radius 3 is 2.50 bits per heavy atom. The van der Waals surface area contributed by atoms with Crippen LogP contribution in [0.25, 0.3) is 10.6 Å². The summed E-state index contributed by atoms with van der Waals surface area (Å²) >= 11 is 7.34. The minimum Gasteiger partial charge on any atom is -0.369 e. The van der Waals surface area contributed by atoms with Crippen molar-refractivity contribution >= 4 is 38.6 Å². The van der Waals surface area contributed by atoms with Crippen LogP contribution in [0, 0.1) is 13.8 Å².